The Morgan fingerprint density at radius 1 is 1.43 bits per heavy atom. The Hall–Kier alpha value is -0.730. The molecule has 0 heterocycles. The van der Waals surface area contributed by atoms with Gasteiger partial charge in [-0.3, -0.25) is 0 Å². The molecule has 0 spiro atoms. The Balaban J connectivity index is 2.72. The quantitative estimate of drug-likeness (QED) is 0.812. The van der Waals surface area contributed by atoms with Crippen LogP contribution in [-0.2, 0) is 11.2 Å². The summed E-state index contributed by atoms with van der Waals surface area (Å²) < 4.78 is 5.02. The van der Waals surface area contributed by atoms with E-state index in [9.17, 15) is 0 Å². The van der Waals surface area contributed by atoms with Crippen LogP contribution in [0.15, 0.2) is 18.2 Å². The van der Waals surface area contributed by atoms with Gasteiger partial charge in [-0.25, -0.2) is 0 Å². The third-order valence-electron chi connectivity index (χ3n) is 1.99. The van der Waals surface area contributed by atoms with E-state index in [-0.39, 0.29) is 0 Å². The van der Waals surface area contributed by atoms with Crippen molar-refractivity contribution in [3.8, 4) is 0 Å². The topological polar surface area (TPSA) is 21.3 Å². The Bertz CT molecular complexity index is 289. The Labute approximate surface area is 90.2 Å². The van der Waals surface area contributed by atoms with E-state index in [0.717, 1.165) is 30.3 Å². The van der Waals surface area contributed by atoms with Crippen molar-refractivity contribution in [2.75, 3.05) is 25.6 Å². The number of rotatable bonds is 5. The van der Waals surface area contributed by atoms with Crippen LogP contribution in [-0.4, -0.2) is 20.3 Å². The zero-order valence-corrected chi connectivity index (χ0v) is 9.40. The molecule has 0 unspecified atom stereocenters. The second-order valence-corrected chi connectivity index (χ2v) is 3.49. The summed E-state index contributed by atoms with van der Waals surface area (Å²) in [4.78, 5) is 0. The zero-order valence-electron chi connectivity index (χ0n) is 8.64. The molecule has 0 aliphatic heterocycles. The Morgan fingerprint density at radius 3 is 2.86 bits per heavy atom. The fraction of sp³-hybridized carbons (Fsp3) is 0.455. The fourth-order valence-corrected chi connectivity index (χ4v) is 1.46. The van der Waals surface area contributed by atoms with Crippen LogP contribution in [0.1, 0.15) is 12.5 Å². The molecular formula is C11H16ClNO. The maximum Gasteiger partial charge on any atom is 0.0637 e. The molecule has 1 aromatic rings. The van der Waals surface area contributed by atoms with E-state index in [0.29, 0.717) is 0 Å². The maximum absolute atomic E-state index is 6.02. The number of hydrogen-bond acceptors (Lipinski definition) is 2. The molecule has 0 radical (unpaired) electrons. The molecule has 0 atom stereocenters. The molecule has 0 bridgehead atoms. The van der Waals surface area contributed by atoms with Gasteiger partial charge < -0.3 is 10.1 Å². The second-order valence-electron chi connectivity index (χ2n) is 3.09. The number of nitrogens with one attached hydrogen (secondary N) is 1. The van der Waals surface area contributed by atoms with E-state index in [1.807, 2.05) is 12.1 Å². The molecule has 0 fully saturated rings. The number of methoxy groups -OCH3 is 1. The van der Waals surface area contributed by atoms with Crippen molar-refractivity contribution in [2.24, 2.45) is 0 Å². The third kappa shape index (κ3) is 3.20. The summed E-state index contributed by atoms with van der Waals surface area (Å²) >= 11 is 6.02. The summed E-state index contributed by atoms with van der Waals surface area (Å²) in [7, 11) is 1.71. The third-order valence-corrected chi connectivity index (χ3v) is 2.32. The first-order valence-corrected chi connectivity index (χ1v) is 5.17. The Morgan fingerprint density at radius 2 is 2.21 bits per heavy atom. The van der Waals surface area contributed by atoms with E-state index in [2.05, 4.69) is 18.3 Å². The van der Waals surface area contributed by atoms with Crippen LogP contribution in [0.5, 0.6) is 0 Å². The minimum Gasteiger partial charge on any atom is -0.384 e. The normalized spacial score (nSPS) is 10.2. The van der Waals surface area contributed by atoms with Crippen molar-refractivity contribution in [3.63, 3.8) is 0 Å². The second kappa shape index (κ2) is 5.89. The van der Waals surface area contributed by atoms with Crippen molar-refractivity contribution < 1.29 is 4.74 Å². The summed E-state index contributed by atoms with van der Waals surface area (Å²) in [6, 6.07) is 6.03. The minimum atomic E-state index is 0.743. The van der Waals surface area contributed by atoms with E-state index >= 15 is 0 Å². The molecule has 0 aliphatic rings. The van der Waals surface area contributed by atoms with Gasteiger partial charge in [0, 0.05) is 13.7 Å². The molecule has 14 heavy (non-hydrogen) atoms. The summed E-state index contributed by atoms with van der Waals surface area (Å²) in [5.41, 5.74) is 2.25. The van der Waals surface area contributed by atoms with Gasteiger partial charge in [-0.15, -0.1) is 0 Å². The summed E-state index contributed by atoms with van der Waals surface area (Å²) in [5.74, 6) is 0. The highest BCUT2D eigenvalue weighted by atomic mass is 35.5. The Kier molecular flexibility index (Phi) is 4.77. The van der Waals surface area contributed by atoms with Gasteiger partial charge in [0.05, 0.1) is 17.3 Å². The van der Waals surface area contributed by atoms with E-state index in [1.165, 1.54) is 5.56 Å². The van der Waals surface area contributed by atoms with Crippen LogP contribution in [0, 0.1) is 0 Å². The lowest BCUT2D eigenvalue weighted by Gasteiger charge is -2.08. The lowest BCUT2D eigenvalue weighted by atomic mass is 10.1. The molecule has 1 rings (SSSR count). The summed E-state index contributed by atoms with van der Waals surface area (Å²) in [5, 5.41) is 3.99. The lowest BCUT2D eigenvalue weighted by molar-refractivity contribution is 0.202. The molecule has 3 heteroatoms. The number of hydrogen-bond donors (Lipinski definition) is 1. The van der Waals surface area contributed by atoms with Gasteiger partial charge in [0.15, 0.2) is 0 Å². The highest BCUT2D eigenvalue weighted by Gasteiger charge is 2.00. The first-order valence-electron chi connectivity index (χ1n) is 4.79. The molecule has 0 saturated carbocycles. The molecule has 78 valence electrons. The SMILES string of the molecule is CCNc1cc(CCOC)ccc1Cl. The fourth-order valence-electron chi connectivity index (χ4n) is 1.27. The van der Waals surface area contributed by atoms with Gasteiger partial charge in [0.1, 0.15) is 0 Å². The van der Waals surface area contributed by atoms with Crippen LogP contribution in [0.2, 0.25) is 5.02 Å². The molecular weight excluding hydrogens is 198 g/mol. The van der Waals surface area contributed by atoms with Crippen LogP contribution < -0.4 is 5.32 Å². The molecule has 1 aromatic carbocycles. The standard InChI is InChI=1S/C11H16ClNO/c1-3-13-11-8-9(6-7-14-2)4-5-10(11)12/h4-5,8,13H,3,6-7H2,1-2H3. The predicted molar refractivity (Wildman–Crippen MR) is 61.2 cm³/mol. The van der Waals surface area contributed by atoms with Crippen LogP contribution >= 0.6 is 11.6 Å². The predicted octanol–water partition coefficient (Wildman–Crippen LogP) is 2.96. The van der Waals surface area contributed by atoms with Gasteiger partial charge >= 0.3 is 0 Å². The van der Waals surface area contributed by atoms with Gasteiger partial charge in [0.25, 0.3) is 0 Å². The smallest absolute Gasteiger partial charge is 0.0637 e. The van der Waals surface area contributed by atoms with Crippen molar-refractivity contribution in [3.05, 3.63) is 28.8 Å². The van der Waals surface area contributed by atoms with Crippen LogP contribution in [0.3, 0.4) is 0 Å². The number of anilines is 1. The average Bonchev–Trinajstić information content (AvgIpc) is 2.19. The highest BCUT2D eigenvalue weighted by molar-refractivity contribution is 6.33. The van der Waals surface area contributed by atoms with Crippen LogP contribution in [0.25, 0.3) is 0 Å². The van der Waals surface area contributed by atoms with Gasteiger partial charge in [-0.2, -0.15) is 0 Å². The molecule has 2 nitrogen and oxygen atoms in total. The molecule has 0 saturated heterocycles. The van der Waals surface area contributed by atoms with E-state index in [4.69, 9.17) is 16.3 Å². The number of ether oxygens (including phenoxy) is 1. The number of halogens is 1. The maximum atomic E-state index is 6.02. The van der Waals surface area contributed by atoms with Gasteiger partial charge in [-0.1, -0.05) is 17.7 Å². The lowest BCUT2D eigenvalue weighted by Crippen LogP contribution is -2.00. The van der Waals surface area contributed by atoms with E-state index in [1.54, 1.807) is 7.11 Å². The average molecular weight is 214 g/mol. The first-order chi connectivity index (χ1) is 6.77. The van der Waals surface area contributed by atoms with Gasteiger partial charge in [0.2, 0.25) is 0 Å². The molecule has 0 amide bonds. The van der Waals surface area contributed by atoms with E-state index < -0.39 is 0 Å². The molecule has 0 aliphatic carbocycles. The van der Waals surface area contributed by atoms with Crippen molar-refractivity contribution in [1.29, 1.82) is 0 Å². The molecule has 1 N–H and O–H groups in total. The largest absolute Gasteiger partial charge is 0.384 e. The van der Waals surface area contributed by atoms with Crippen molar-refractivity contribution in [1.82, 2.24) is 0 Å². The van der Waals surface area contributed by atoms with Crippen molar-refractivity contribution in [2.45, 2.75) is 13.3 Å². The molecule has 0 aromatic heterocycles. The first kappa shape index (κ1) is 11.3. The number of benzene rings is 1. The van der Waals surface area contributed by atoms with Crippen LogP contribution in [0.4, 0.5) is 5.69 Å². The summed E-state index contributed by atoms with van der Waals surface area (Å²) in [6.07, 6.45) is 0.923. The van der Waals surface area contributed by atoms with Gasteiger partial charge in [-0.05, 0) is 31.0 Å². The highest BCUT2D eigenvalue weighted by Crippen LogP contribution is 2.22. The summed E-state index contributed by atoms with van der Waals surface area (Å²) in [6.45, 7) is 3.68. The zero-order chi connectivity index (χ0) is 10.4. The minimum absolute atomic E-state index is 0.743. The van der Waals surface area contributed by atoms with Crippen molar-refractivity contribution >= 4 is 17.3 Å². The monoisotopic (exact) mass is 213 g/mol.